The van der Waals surface area contributed by atoms with E-state index in [9.17, 15) is 4.79 Å². The van der Waals surface area contributed by atoms with E-state index in [1.807, 2.05) is 24.3 Å². The molecule has 1 amide bonds. The number of allylic oxidation sites excluding steroid dienone is 1. The van der Waals surface area contributed by atoms with Gasteiger partial charge in [0.25, 0.3) is 0 Å². The fourth-order valence-electron chi connectivity index (χ4n) is 1.60. The zero-order valence-electron chi connectivity index (χ0n) is 10.3. The molecule has 1 unspecified atom stereocenters. The molecule has 0 fully saturated rings. The molecule has 0 saturated heterocycles. The Morgan fingerprint density at radius 1 is 1.59 bits per heavy atom. The summed E-state index contributed by atoms with van der Waals surface area (Å²) in [7, 11) is 0. The molecule has 0 bridgehead atoms. The number of nitrogens with one attached hydrogen (secondary N) is 1. The SMILES string of the molecule is C=CCCC(C)NCc1cccc(C(N)=O)c1. The van der Waals surface area contributed by atoms with Crippen LogP contribution in [0.3, 0.4) is 0 Å². The van der Waals surface area contributed by atoms with E-state index in [0.29, 0.717) is 11.6 Å². The molecule has 0 aromatic heterocycles. The standard InChI is InChI=1S/C14H20N2O/c1-3-4-6-11(2)16-10-12-7-5-8-13(9-12)14(15)17/h3,5,7-9,11,16H,1,4,6,10H2,2H3,(H2,15,17). The van der Waals surface area contributed by atoms with Crippen molar-refractivity contribution in [2.75, 3.05) is 0 Å². The third-order valence-corrected chi connectivity index (χ3v) is 2.67. The van der Waals surface area contributed by atoms with Crippen LogP contribution in [0.15, 0.2) is 36.9 Å². The number of amides is 1. The molecule has 3 N–H and O–H groups in total. The maximum atomic E-state index is 11.0. The van der Waals surface area contributed by atoms with Crippen LogP contribution in [0.5, 0.6) is 0 Å². The van der Waals surface area contributed by atoms with Gasteiger partial charge in [0.1, 0.15) is 0 Å². The topological polar surface area (TPSA) is 55.1 Å². The van der Waals surface area contributed by atoms with Gasteiger partial charge in [-0.1, -0.05) is 18.2 Å². The van der Waals surface area contributed by atoms with Crippen LogP contribution in [0.2, 0.25) is 0 Å². The lowest BCUT2D eigenvalue weighted by molar-refractivity contribution is 0.1000. The molecule has 0 spiro atoms. The molecule has 1 atom stereocenters. The molecule has 92 valence electrons. The number of hydrogen-bond donors (Lipinski definition) is 2. The van der Waals surface area contributed by atoms with Crippen molar-refractivity contribution in [3.8, 4) is 0 Å². The fourth-order valence-corrected chi connectivity index (χ4v) is 1.60. The van der Waals surface area contributed by atoms with Gasteiger partial charge in [0.2, 0.25) is 5.91 Å². The van der Waals surface area contributed by atoms with Crippen LogP contribution in [0.25, 0.3) is 0 Å². The Morgan fingerprint density at radius 2 is 2.35 bits per heavy atom. The van der Waals surface area contributed by atoms with Gasteiger partial charge in [0.15, 0.2) is 0 Å². The lowest BCUT2D eigenvalue weighted by Gasteiger charge is -2.12. The maximum absolute atomic E-state index is 11.0. The summed E-state index contributed by atoms with van der Waals surface area (Å²) >= 11 is 0. The number of carbonyl (C=O) groups is 1. The van der Waals surface area contributed by atoms with E-state index in [-0.39, 0.29) is 5.91 Å². The molecule has 0 saturated carbocycles. The lowest BCUT2D eigenvalue weighted by atomic mass is 10.1. The zero-order valence-corrected chi connectivity index (χ0v) is 10.3. The zero-order chi connectivity index (χ0) is 12.7. The highest BCUT2D eigenvalue weighted by atomic mass is 16.1. The van der Waals surface area contributed by atoms with Crippen LogP contribution in [0.4, 0.5) is 0 Å². The minimum absolute atomic E-state index is 0.383. The van der Waals surface area contributed by atoms with Crippen LogP contribution >= 0.6 is 0 Å². The first-order chi connectivity index (χ1) is 8.13. The Bertz CT molecular complexity index is 388. The third-order valence-electron chi connectivity index (χ3n) is 2.67. The largest absolute Gasteiger partial charge is 0.366 e. The summed E-state index contributed by atoms with van der Waals surface area (Å²) in [4.78, 5) is 11.0. The smallest absolute Gasteiger partial charge is 0.248 e. The van der Waals surface area contributed by atoms with Gasteiger partial charge in [-0.25, -0.2) is 0 Å². The number of carbonyl (C=O) groups excluding carboxylic acids is 1. The molecule has 17 heavy (non-hydrogen) atoms. The second-order valence-corrected chi connectivity index (χ2v) is 4.21. The third kappa shape index (κ3) is 4.83. The molecule has 0 aliphatic heterocycles. The van der Waals surface area contributed by atoms with Gasteiger partial charge in [-0.05, 0) is 37.5 Å². The number of primary amides is 1. The Labute approximate surface area is 103 Å². The van der Waals surface area contributed by atoms with Crippen molar-refractivity contribution in [3.63, 3.8) is 0 Å². The number of nitrogens with two attached hydrogens (primary N) is 1. The van der Waals surface area contributed by atoms with Gasteiger partial charge in [-0.2, -0.15) is 0 Å². The molecule has 1 aromatic carbocycles. The van der Waals surface area contributed by atoms with Gasteiger partial charge in [0, 0.05) is 18.2 Å². The van der Waals surface area contributed by atoms with E-state index in [4.69, 9.17) is 5.73 Å². The highest BCUT2D eigenvalue weighted by Gasteiger charge is 2.03. The normalized spacial score (nSPS) is 12.1. The molecular formula is C14H20N2O. The Morgan fingerprint density at radius 3 is 3.00 bits per heavy atom. The highest BCUT2D eigenvalue weighted by Crippen LogP contribution is 2.05. The van der Waals surface area contributed by atoms with Gasteiger partial charge in [-0.15, -0.1) is 6.58 Å². The predicted octanol–water partition coefficient (Wildman–Crippen LogP) is 2.23. The van der Waals surface area contributed by atoms with Crippen molar-refractivity contribution < 1.29 is 4.79 Å². The second-order valence-electron chi connectivity index (χ2n) is 4.21. The number of benzene rings is 1. The molecule has 3 nitrogen and oxygen atoms in total. The van der Waals surface area contributed by atoms with E-state index in [1.165, 1.54) is 0 Å². The van der Waals surface area contributed by atoms with Crippen LogP contribution < -0.4 is 11.1 Å². The monoisotopic (exact) mass is 232 g/mol. The van der Waals surface area contributed by atoms with Gasteiger partial charge < -0.3 is 11.1 Å². The summed E-state index contributed by atoms with van der Waals surface area (Å²) in [5.41, 5.74) is 6.87. The van der Waals surface area contributed by atoms with Gasteiger partial charge in [0.05, 0.1) is 0 Å². The average Bonchev–Trinajstić information content (AvgIpc) is 2.34. The summed E-state index contributed by atoms with van der Waals surface area (Å²) in [5, 5.41) is 3.40. The average molecular weight is 232 g/mol. The fraction of sp³-hybridized carbons (Fsp3) is 0.357. The molecule has 1 aromatic rings. The Hall–Kier alpha value is -1.61. The van der Waals surface area contributed by atoms with Crippen LogP contribution in [0, 0.1) is 0 Å². The van der Waals surface area contributed by atoms with Crippen LogP contribution in [-0.2, 0) is 6.54 Å². The first kappa shape index (κ1) is 13.5. The van der Waals surface area contributed by atoms with Crippen molar-refractivity contribution in [1.29, 1.82) is 0 Å². The second kappa shape index (κ2) is 6.86. The van der Waals surface area contributed by atoms with E-state index in [1.54, 1.807) is 6.07 Å². The summed E-state index contributed by atoms with van der Waals surface area (Å²) < 4.78 is 0. The molecule has 0 aliphatic carbocycles. The van der Waals surface area contributed by atoms with Crippen molar-refractivity contribution in [3.05, 3.63) is 48.0 Å². The molecular weight excluding hydrogens is 212 g/mol. The predicted molar refractivity (Wildman–Crippen MR) is 70.7 cm³/mol. The number of hydrogen-bond acceptors (Lipinski definition) is 2. The van der Waals surface area contributed by atoms with Gasteiger partial charge in [-0.3, -0.25) is 4.79 Å². The van der Waals surface area contributed by atoms with E-state index in [2.05, 4.69) is 18.8 Å². The summed E-state index contributed by atoms with van der Waals surface area (Å²) in [6, 6.07) is 7.83. The Kier molecular flexibility index (Phi) is 5.43. The van der Waals surface area contributed by atoms with E-state index in [0.717, 1.165) is 24.9 Å². The molecule has 0 heterocycles. The number of rotatable bonds is 7. The molecule has 1 rings (SSSR count). The summed E-state index contributed by atoms with van der Waals surface area (Å²) in [6.07, 6.45) is 4.00. The van der Waals surface area contributed by atoms with Crippen molar-refractivity contribution in [1.82, 2.24) is 5.32 Å². The lowest BCUT2D eigenvalue weighted by Crippen LogP contribution is -2.25. The molecule has 3 heteroatoms. The van der Waals surface area contributed by atoms with Crippen LogP contribution in [-0.4, -0.2) is 11.9 Å². The summed E-state index contributed by atoms with van der Waals surface area (Å²) in [5.74, 6) is -0.383. The summed E-state index contributed by atoms with van der Waals surface area (Å²) in [6.45, 7) is 6.59. The quantitative estimate of drug-likeness (QED) is 0.708. The van der Waals surface area contributed by atoms with E-state index >= 15 is 0 Å². The van der Waals surface area contributed by atoms with Crippen LogP contribution in [0.1, 0.15) is 35.7 Å². The highest BCUT2D eigenvalue weighted by molar-refractivity contribution is 5.92. The van der Waals surface area contributed by atoms with Crippen molar-refractivity contribution in [2.24, 2.45) is 5.73 Å². The molecule has 0 aliphatic rings. The minimum Gasteiger partial charge on any atom is -0.366 e. The van der Waals surface area contributed by atoms with Gasteiger partial charge >= 0.3 is 0 Å². The first-order valence-electron chi connectivity index (χ1n) is 5.86. The minimum atomic E-state index is -0.383. The van der Waals surface area contributed by atoms with Crippen molar-refractivity contribution >= 4 is 5.91 Å². The molecule has 0 radical (unpaired) electrons. The Balaban J connectivity index is 2.48. The van der Waals surface area contributed by atoms with Crippen molar-refractivity contribution in [2.45, 2.75) is 32.4 Å². The van der Waals surface area contributed by atoms with E-state index < -0.39 is 0 Å². The maximum Gasteiger partial charge on any atom is 0.248 e. The first-order valence-corrected chi connectivity index (χ1v) is 5.86.